The highest BCUT2D eigenvalue weighted by Gasteiger charge is 2.38. The zero-order chi connectivity index (χ0) is 27.7. The zero-order valence-corrected chi connectivity index (χ0v) is 23.6. The van der Waals surface area contributed by atoms with Crippen molar-refractivity contribution in [3.8, 4) is 11.1 Å². The number of pyridine rings is 1. The van der Waals surface area contributed by atoms with Crippen molar-refractivity contribution in [1.29, 1.82) is 0 Å². The lowest BCUT2D eigenvalue weighted by atomic mass is 9.99. The minimum absolute atomic E-state index is 0. The molecule has 0 unspecified atom stereocenters. The standard InChI is InChI=1S/C30H32ClF3N4O.H3N/c1-3-23-19-37(29(39)25-10-9-22(31)18-26(25)30(32,33)34)15-16-38(23)27-11-8-21(17-20(27)2)24-7-6-12-35-28(24)36-13-4-5-14-36;/h6-12,17-18,23H,3-5,13-16,19H2,1-2H3;1H3/t23-;/m1./s1. The van der Waals surface area contributed by atoms with Crippen LogP contribution in [0.15, 0.2) is 54.7 Å². The van der Waals surface area contributed by atoms with Gasteiger partial charge < -0.3 is 20.9 Å². The van der Waals surface area contributed by atoms with E-state index in [4.69, 9.17) is 11.6 Å². The molecule has 0 aliphatic carbocycles. The van der Waals surface area contributed by atoms with E-state index in [1.807, 2.05) is 19.2 Å². The van der Waals surface area contributed by atoms with E-state index < -0.39 is 17.6 Å². The van der Waals surface area contributed by atoms with Gasteiger partial charge in [-0.25, -0.2) is 4.98 Å². The molecule has 2 aromatic carbocycles. The number of aryl methyl sites for hydroxylation is 1. The molecular weight excluding hydrogens is 539 g/mol. The van der Waals surface area contributed by atoms with E-state index in [1.165, 1.54) is 29.9 Å². The van der Waals surface area contributed by atoms with Gasteiger partial charge in [-0.3, -0.25) is 4.79 Å². The van der Waals surface area contributed by atoms with Crippen molar-refractivity contribution < 1.29 is 18.0 Å². The van der Waals surface area contributed by atoms with E-state index >= 15 is 0 Å². The summed E-state index contributed by atoms with van der Waals surface area (Å²) in [7, 11) is 0. The predicted octanol–water partition coefficient (Wildman–Crippen LogP) is 7.23. The molecule has 2 fully saturated rings. The summed E-state index contributed by atoms with van der Waals surface area (Å²) in [4.78, 5) is 24.1. The fourth-order valence-electron chi connectivity index (χ4n) is 5.76. The van der Waals surface area contributed by atoms with E-state index in [2.05, 4.69) is 46.0 Å². The molecule has 1 aromatic heterocycles. The summed E-state index contributed by atoms with van der Waals surface area (Å²) in [5, 5.41) is -0.0483. The third-order valence-corrected chi connectivity index (χ3v) is 8.00. The summed E-state index contributed by atoms with van der Waals surface area (Å²) in [6.45, 7) is 7.36. The van der Waals surface area contributed by atoms with Crippen LogP contribution in [0.3, 0.4) is 0 Å². The van der Waals surface area contributed by atoms with Crippen LogP contribution < -0.4 is 16.0 Å². The van der Waals surface area contributed by atoms with E-state index in [0.717, 1.165) is 53.8 Å². The molecule has 214 valence electrons. The molecule has 3 aromatic rings. The second-order valence-electron chi connectivity index (χ2n) is 10.3. The number of piperazine rings is 1. The highest BCUT2D eigenvalue weighted by atomic mass is 35.5. The highest BCUT2D eigenvalue weighted by Crippen LogP contribution is 2.37. The summed E-state index contributed by atoms with van der Waals surface area (Å²) in [6, 6.07) is 13.8. The first kappa shape index (κ1) is 29.7. The number of carbonyl (C=O) groups excluding carboxylic acids is 1. The molecule has 0 spiro atoms. The average molecular weight is 574 g/mol. The molecule has 5 rings (SSSR count). The number of hydrogen-bond acceptors (Lipinski definition) is 5. The fraction of sp³-hybridized carbons (Fsp3) is 0.400. The van der Waals surface area contributed by atoms with Gasteiger partial charge in [0, 0.05) is 61.2 Å². The number of hydrogen-bond donors (Lipinski definition) is 1. The normalized spacial score (nSPS) is 17.6. The van der Waals surface area contributed by atoms with E-state index in [0.29, 0.717) is 19.6 Å². The number of nitrogens with zero attached hydrogens (tertiary/aromatic N) is 4. The number of halogens is 4. The Morgan fingerprint density at radius 3 is 2.48 bits per heavy atom. The van der Waals surface area contributed by atoms with Crippen molar-refractivity contribution in [2.45, 2.75) is 45.3 Å². The molecule has 0 bridgehead atoms. The molecule has 1 atom stereocenters. The second kappa shape index (κ2) is 12.1. The third-order valence-electron chi connectivity index (χ3n) is 7.77. The van der Waals surface area contributed by atoms with Crippen molar-refractivity contribution in [3.05, 3.63) is 76.4 Å². The molecule has 2 saturated heterocycles. The first-order valence-corrected chi connectivity index (χ1v) is 13.8. The Kier molecular flexibility index (Phi) is 8.95. The Morgan fingerprint density at radius 1 is 1.05 bits per heavy atom. The summed E-state index contributed by atoms with van der Waals surface area (Å²) in [5.74, 6) is 0.399. The number of alkyl halides is 3. The molecule has 1 amide bonds. The maximum absolute atomic E-state index is 13.7. The van der Waals surface area contributed by atoms with E-state index in [1.54, 1.807) is 0 Å². The minimum Gasteiger partial charge on any atom is -0.365 e. The van der Waals surface area contributed by atoms with Crippen molar-refractivity contribution in [2.75, 3.05) is 42.5 Å². The lowest BCUT2D eigenvalue weighted by Crippen LogP contribution is -2.55. The summed E-state index contributed by atoms with van der Waals surface area (Å²) in [6.07, 6.45) is 0.280. The van der Waals surface area contributed by atoms with Gasteiger partial charge in [-0.2, -0.15) is 13.2 Å². The average Bonchev–Trinajstić information content (AvgIpc) is 3.47. The smallest absolute Gasteiger partial charge is 0.365 e. The summed E-state index contributed by atoms with van der Waals surface area (Å²) < 4.78 is 41.0. The monoisotopic (exact) mass is 573 g/mol. The first-order valence-electron chi connectivity index (χ1n) is 13.4. The van der Waals surface area contributed by atoms with Gasteiger partial charge in [-0.05, 0) is 79.8 Å². The van der Waals surface area contributed by atoms with Crippen molar-refractivity contribution in [2.24, 2.45) is 0 Å². The molecule has 6 nitrogen and oxygen atoms in total. The topological polar surface area (TPSA) is 74.7 Å². The molecular formula is C30H35ClF3N5O. The van der Waals surface area contributed by atoms with E-state index in [-0.39, 0.29) is 22.8 Å². The number of rotatable bonds is 5. The molecule has 2 aliphatic rings. The fourth-order valence-corrected chi connectivity index (χ4v) is 5.93. The van der Waals surface area contributed by atoms with Crippen molar-refractivity contribution >= 4 is 29.0 Å². The third kappa shape index (κ3) is 5.90. The first-order chi connectivity index (χ1) is 18.7. The Labute approximate surface area is 238 Å². The SMILES string of the molecule is CC[C@@H]1CN(C(=O)c2ccc(Cl)cc2C(F)(F)F)CCN1c1ccc(-c2cccnc2N2CCCC2)cc1C.N. The summed E-state index contributed by atoms with van der Waals surface area (Å²) >= 11 is 5.82. The van der Waals surface area contributed by atoms with Gasteiger partial charge in [0.25, 0.3) is 5.91 Å². The molecule has 2 aliphatic heterocycles. The van der Waals surface area contributed by atoms with E-state index in [9.17, 15) is 18.0 Å². The largest absolute Gasteiger partial charge is 0.417 e. The molecule has 40 heavy (non-hydrogen) atoms. The molecule has 0 saturated carbocycles. The van der Waals surface area contributed by atoms with Crippen LogP contribution in [-0.4, -0.2) is 54.6 Å². The molecule has 3 N–H and O–H groups in total. The van der Waals surface area contributed by atoms with Gasteiger partial charge in [0.05, 0.1) is 11.1 Å². The maximum Gasteiger partial charge on any atom is 0.417 e. The molecule has 10 heteroatoms. The molecule has 3 heterocycles. The zero-order valence-electron chi connectivity index (χ0n) is 22.8. The Morgan fingerprint density at radius 2 is 1.80 bits per heavy atom. The van der Waals surface area contributed by atoms with Crippen LogP contribution in [0, 0.1) is 6.92 Å². The van der Waals surface area contributed by atoms with Crippen LogP contribution in [0.2, 0.25) is 5.02 Å². The Balaban J connectivity index is 0.00000370. The van der Waals surface area contributed by atoms with Crippen LogP contribution in [0.5, 0.6) is 0 Å². The predicted molar refractivity (Wildman–Crippen MR) is 155 cm³/mol. The lowest BCUT2D eigenvalue weighted by Gasteiger charge is -2.43. The van der Waals surface area contributed by atoms with Gasteiger partial charge in [-0.15, -0.1) is 0 Å². The van der Waals surface area contributed by atoms with Gasteiger partial charge >= 0.3 is 6.18 Å². The number of carbonyl (C=O) groups is 1. The van der Waals surface area contributed by atoms with Crippen LogP contribution in [-0.2, 0) is 6.18 Å². The van der Waals surface area contributed by atoms with Crippen molar-refractivity contribution in [3.63, 3.8) is 0 Å². The maximum atomic E-state index is 13.7. The lowest BCUT2D eigenvalue weighted by molar-refractivity contribution is -0.138. The van der Waals surface area contributed by atoms with Crippen LogP contribution in [0.1, 0.15) is 47.7 Å². The highest BCUT2D eigenvalue weighted by molar-refractivity contribution is 6.30. The minimum atomic E-state index is -4.66. The number of anilines is 2. The Bertz CT molecular complexity index is 1360. The van der Waals surface area contributed by atoms with Gasteiger partial charge in [-0.1, -0.05) is 24.6 Å². The van der Waals surface area contributed by atoms with Crippen LogP contribution in [0.25, 0.3) is 11.1 Å². The van der Waals surface area contributed by atoms with Crippen LogP contribution >= 0.6 is 11.6 Å². The van der Waals surface area contributed by atoms with Gasteiger partial charge in [0.2, 0.25) is 0 Å². The molecule has 0 radical (unpaired) electrons. The van der Waals surface area contributed by atoms with Gasteiger partial charge in [0.15, 0.2) is 0 Å². The Hall–Kier alpha value is -3.30. The van der Waals surface area contributed by atoms with Gasteiger partial charge in [0.1, 0.15) is 5.82 Å². The second-order valence-corrected chi connectivity index (χ2v) is 10.7. The quantitative estimate of drug-likeness (QED) is 0.348. The van der Waals surface area contributed by atoms with Crippen molar-refractivity contribution in [1.82, 2.24) is 16.0 Å². The summed E-state index contributed by atoms with van der Waals surface area (Å²) in [5.41, 5.74) is 3.05. The van der Waals surface area contributed by atoms with Crippen LogP contribution in [0.4, 0.5) is 24.7 Å². The number of aromatic nitrogens is 1. The number of benzene rings is 2. The number of amides is 1.